The molecule has 3 nitrogen and oxygen atoms in total. The summed E-state index contributed by atoms with van der Waals surface area (Å²) in [6.07, 6.45) is 0.958. The molecule has 0 aromatic heterocycles. The molecule has 1 aliphatic rings. The molecule has 1 aliphatic heterocycles. The van der Waals surface area contributed by atoms with Crippen molar-refractivity contribution in [3.05, 3.63) is 29.8 Å². The van der Waals surface area contributed by atoms with Crippen molar-refractivity contribution in [2.24, 2.45) is 0 Å². The van der Waals surface area contributed by atoms with Crippen LogP contribution in [0.1, 0.15) is 25.8 Å². The number of aliphatic hydroxyl groups is 1. The van der Waals surface area contributed by atoms with Gasteiger partial charge in [0.1, 0.15) is 11.4 Å². The van der Waals surface area contributed by atoms with Gasteiger partial charge in [-0.15, -0.1) is 0 Å². The van der Waals surface area contributed by atoms with Gasteiger partial charge in [-0.3, -0.25) is 0 Å². The minimum atomic E-state index is -0.698. The highest BCUT2D eigenvalue weighted by Crippen LogP contribution is 2.28. The average Bonchev–Trinajstić information content (AvgIpc) is 2.66. The fourth-order valence-electron chi connectivity index (χ4n) is 2.04. The monoisotopic (exact) mass is 221 g/mol. The molecule has 2 rings (SSSR count). The molecule has 0 saturated carbocycles. The summed E-state index contributed by atoms with van der Waals surface area (Å²) in [6.45, 7) is 5.52. The van der Waals surface area contributed by atoms with Gasteiger partial charge in [0.25, 0.3) is 0 Å². The van der Waals surface area contributed by atoms with Gasteiger partial charge in [0.15, 0.2) is 0 Å². The summed E-state index contributed by atoms with van der Waals surface area (Å²) < 4.78 is 5.57. The number of hydrogen-bond acceptors (Lipinski definition) is 3. The first-order chi connectivity index (χ1) is 7.60. The van der Waals surface area contributed by atoms with E-state index in [-0.39, 0.29) is 6.10 Å². The molecule has 1 aromatic carbocycles. The molecule has 16 heavy (non-hydrogen) atoms. The Morgan fingerprint density at radius 3 is 2.50 bits per heavy atom. The molecule has 0 bridgehead atoms. The summed E-state index contributed by atoms with van der Waals surface area (Å²) >= 11 is 0. The first kappa shape index (κ1) is 11.4. The summed E-state index contributed by atoms with van der Waals surface area (Å²) in [7, 11) is 0. The molecule has 1 fully saturated rings. The molecule has 0 radical (unpaired) electrons. The highest BCUT2D eigenvalue weighted by atomic mass is 16.5. The largest absolute Gasteiger partial charge is 0.491 e. The molecule has 2 N–H and O–H groups in total. The predicted molar refractivity (Wildman–Crippen MR) is 63.6 cm³/mol. The third-order valence-corrected chi connectivity index (χ3v) is 2.90. The fourth-order valence-corrected chi connectivity index (χ4v) is 2.04. The molecule has 88 valence electrons. The number of benzene rings is 1. The quantitative estimate of drug-likeness (QED) is 0.815. The van der Waals surface area contributed by atoms with Gasteiger partial charge < -0.3 is 15.2 Å². The maximum atomic E-state index is 10.3. The van der Waals surface area contributed by atoms with Crippen molar-refractivity contribution < 1.29 is 9.84 Å². The number of β-amino-alcohol motifs (C(OH)–C–C–N with tert-alkyl or cyclic N) is 1. The molecule has 3 heteroatoms. The van der Waals surface area contributed by atoms with E-state index in [0.717, 1.165) is 24.3 Å². The Bertz CT molecular complexity index is 339. The first-order valence-corrected chi connectivity index (χ1v) is 5.80. The Morgan fingerprint density at radius 2 is 2.00 bits per heavy atom. The lowest BCUT2D eigenvalue weighted by molar-refractivity contribution is 0.0587. The molecule has 1 saturated heterocycles. The van der Waals surface area contributed by atoms with Crippen molar-refractivity contribution in [1.29, 1.82) is 0 Å². The van der Waals surface area contributed by atoms with E-state index in [0.29, 0.717) is 6.54 Å². The maximum absolute atomic E-state index is 10.3. The molecule has 1 aromatic rings. The van der Waals surface area contributed by atoms with Crippen molar-refractivity contribution in [3.8, 4) is 5.75 Å². The normalized spacial score (nSPS) is 25.0. The molecule has 0 aliphatic carbocycles. The van der Waals surface area contributed by atoms with Crippen LogP contribution in [0.25, 0.3) is 0 Å². The minimum absolute atomic E-state index is 0.182. The van der Waals surface area contributed by atoms with E-state index in [1.165, 1.54) is 0 Å². The molecule has 1 unspecified atom stereocenters. The van der Waals surface area contributed by atoms with Crippen LogP contribution in [-0.2, 0) is 5.60 Å². The van der Waals surface area contributed by atoms with Gasteiger partial charge in [0, 0.05) is 6.54 Å². The van der Waals surface area contributed by atoms with Crippen LogP contribution in [-0.4, -0.2) is 24.3 Å². The van der Waals surface area contributed by atoms with Gasteiger partial charge in [0.2, 0.25) is 0 Å². The van der Waals surface area contributed by atoms with Crippen LogP contribution in [0.5, 0.6) is 5.75 Å². The summed E-state index contributed by atoms with van der Waals surface area (Å²) in [4.78, 5) is 0. The second-order valence-electron chi connectivity index (χ2n) is 4.65. The summed E-state index contributed by atoms with van der Waals surface area (Å²) in [5.74, 6) is 0.855. The maximum Gasteiger partial charge on any atom is 0.119 e. The molecular formula is C13H19NO2. The molecule has 1 atom stereocenters. The van der Waals surface area contributed by atoms with Crippen LogP contribution in [0.4, 0.5) is 0 Å². The minimum Gasteiger partial charge on any atom is -0.491 e. The van der Waals surface area contributed by atoms with Gasteiger partial charge >= 0.3 is 0 Å². The number of ether oxygens (including phenoxy) is 1. The zero-order valence-corrected chi connectivity index (χ0v) is 9.86. The summed E-state index contributed by atoms with van der Waals surface area (Å²) in [5, 5.41) is 13.5. The van der Waals surface area contributed by atoms with Crippen molar-refractivity contribution in [2.75, 3.05) is 13.1 Å². The second-order valence-corrected chi connectivity index (χ2v) is 4.65. The smallest absolute Gasteiger partial charge is 0.119 e. The van der Waals surface area contributed by atoms with Crippen molar-refractivity contribution in [1.82, 2.24) is 5.32 Å². The fraction of sp³-hybridized carbons (Fsp3) is 0.538. The zero-order valence-electron chi connectivity index (χ0n) is 9.86. The lowest BCUT2D eigenvalue weighted by Crippen LogP contribution is -2.28. The third-order valence-electron chi connectivity index (χ3n) is 2.90. The highest BCUT2D eigenvalue weighted by molar-refractivity contribution is 5.31. The van der Waals surface area contributed by atoms with Crippen LogP contribution >= 0.6 is 0 Å². The Labute approximate surface area is 96.4 Å². The Kier molecular flexibility index (Phi) is 3.17. The molecular weight excluding hydrogens is 202 g/mol. The van der Waals surface area contributed by atoms with Crippen molar-refractivity contribution >= 4 is 0 Å². The van der Waals surface area contributed by atoms with E-state index in [4.69, 9.17) is 4.74 Å². The van der Waals surface area contributed by atoms with Crippen LogP contribution in [0.3, 0.4) is 0 Å². The Morgan fingerprint density at radius 1 is 1.31 bits per heavy atom. The van der Waals surface area contributed by atoms with Gasteiger partial charge in [-0.05, 0) is 44.5 Å². The second kappa shape index (κ2) is 4.44. The molecule has 0 spiro atoms. The van der Waals surface area contributed by atoms with Crippen LogP contribution < -0.4 is 10.1 Å². The average molecular weight is 221 g/mol. The third kappa shape index (κ3) is 2.36. The summed E-state index contributed by atoms with van der Waals surface area (Å²) in [6, 6.07) is 7.74. The SMILES string of the molecule is CC(C)Oc1ccc(C2(O)CCNC2)cc1. The van der Waals surface area contributed by atoms with Gasteiger partial charge in [-0.1, -0.05) is 12.1 Å². The van der Waals surface area contributed by atoms with E-state index in [1.54, 1.807) is 0 Å². The van der Waals surface area contributed by atoms with E-state index >= 15 is 0 Å². The van der Waals surface area contributed by atoms with E-state index in [1.807, 2.05) is 38.1 Å². The lowest BCUT2D eigenvalue weighted by atomic mass is 9.93. The van der Waals surface area contributed by atoms with Gasteiger partial charge in [-0.25, -0.2) is 0 Å². The Hall–Kier alpha value is -1.06. The summed E-state index contributed by atoms with van der Waals surface area (Å²) in [5.41, 5.74) is 0.268. The number of hydrogen-bond donors (Lipinski definition) is 2. The van der Waals surface area contributed by atoms with Crippen LogP contribution in [0.2, 0.25) is 0 Å². The van der Waals surface area contributed by atoms with Crippen LogP contribution in [0, 0.1) is 0 Å². The topological polar surface area (TPSA) is 41.5 Å². The van der Waals surface area contributed by atoms with E-state index in [9.17, 15) is 5.11 Å². The van der Waals surface area contributed by atoms with Crippen molar-refractivity contribution in [2.45, 2.75) is 32.0 Å². The van der Waals surface area contributed by atoms with E-state index in [2.05, 4.69) is 5.32 Å². The lowest BCUT2D eigenvalue weighted by Gasteiger charge is -2.22. The highest BCUT2D eigenvalue weighted by Gasteiger charge is 2.32. The molecule has 0 amide bonds. The zero-order chi connectivity index (χ0) is 11.6. The Balaban J connectivity index is 2.12. The van der Waals surface area contributed by atoms with Crippen molar-refractivity contribution in [3.63, 3.8) is 0 Å². The number of rotatable bonds is 3. The van der Waals surface area contributed by atoms with Gasteiger partial charge in [-0.2, -0.15) is 0 Å². The first-order valence-electron chi connectivity index (χ1n) is 5.80. The molecule has 1 heterocycles. The predicted octanol–water partition coefficient (Wildman–Crippen LogP) is 1.65. The number of nitrogens with one attached hydrogen (secondary N) is 1. The van der Waals surface area contributed by atoms with Crippen LogP contribution in [0.15, 0.2) is 24.3 Å². The van der Waals surface area contributed by atoms with Gasteiger partial charge in [0.05, 0.1) is 6.10 Å². The van der Waals surface area contributed by atoms with E-state index < -0.39 is 5.60 Å². The standard InChI is InChI=1S/C13H19NO2/c1-10(2)16-12-5-3-11(4-6-12)13(15)7-8-14-9-13/h3-6,10,14-15H,7-9H2,1-2H3.